The quantitative estimate of drug-likeness (QED) is 0.901. The lowest BCUT2D eigenvalue weighted by Crippen LogP contribution is -2.05. The molecule has 5 heteroatoms. The van der Waals surface area contributed by atoms with Gasteiger partial charge in [0.25, 0.3) is 0 Å². The smallest absolute Gasteiger partial charge is 0.309 e. The molecule has 0 unspecified atom stereocenters. The second kappa shape index (κ2) is 4.91. The molecule has 0 aliphatic rings. The predicted molar refractivity (Wildman–Crippen MR) is 63.5 cm³/mol. The highest BCUT2D eigenvalue weighted by Crippen LogP contribution is 2.22. The molecule has 0 aliphatic carbocycles. The molecule has 92 valence electrons. The van der Waals surface area contributed by atoms with Crippen molar-refractivity contribution in [1.82, 2.24) is 9.97 Å². The van der Waals surface area contributed by atoms with Crippen LogP contribution in [0.3, 0.4) is 0 Å². The van der Waals surface area contributed by atoms with Gasteiger partial charge < -0.3 is 5.11 Å². The lowest BCUT2D eigenvalue weighted by molar-refractivity contribution is -0.136. The molecule has 0 atom stereocenters. The zero-order valence-electron chi connectivity index (χ0n) is 9.72. The average Bonchev–Trinajstić information content (AvgIpc) is 2.33. The molecule has 0 saturated carbocycles. The first kappa shape index (κ1) is 12.2. The van der Waals surface area contributed by atoms with Crippen LogP contribution in [0.5, 0.6) is 0 Å². The zero-order valence-corrected chi connectivity index (χ0v) is 9.72. The van der Waals surface area contributed by atoms with Crippen molar-refractivity contribution in [1.29, 1.82) is 0 Å². The Hall–Kier alpha value is -2.30. The molecule has 0 radical (unpaired) electrons. The third-order valence-electron chi connectivity index (χ3n) is 2.52. The van der Waals surface area contributed by atoms with E-state index in [9.17, 15) is 9.18 Å². The summed E-state index contributed by atoms with van der Waals surface area (Å²) in [7, 11) is 0. The number of hydrogen-bond donors (Lipinski definition) is 1. The van der Waals surface area contributed by atoms with Crippen LogP contribution in [-0.2, 0) is 11.2 Å². The van der Waals surface area contributed by atoms with E-state index in [4.69, 9.17) is 5.11 Å². The van der Waals surface area contributed by atoms with Gasteiger partial charge in [0.15, 0.2) is 0 Å². The van der Waals surface area contributed by atoms with Crippen LogP contribution in [0.4, 0.5) is 4.39 Å². The highest BCUT2D eigenvalue weighted by Gasteiger charge is 2.12. The average molecular weight is 246 g/mol. The molecule has 1 aromatic carbocycles. The van der Waals surface area contributed by atoms with Gasteiger partial charge in [-0.3, -0.25) is 14.8 Å². The number of carboxylic acids is 1. The summed E-state index contributed by atoms with van der Waals surface area (Å²) in [6, 6.07) is 4.53. The topological polar surface area (TPSA) is 63.1 Å². The van der Waals surface area contributed by atoms with E-state index in [1.807, 2.05) is 0 Å². The Morgan fingerprint density at radius 2 is 2.06 bits per heavy atom. The Bertz CT molecular complexity index is 599. The number of aromatic nitrogens is 2. The van der Waals surface area contributed by atoms with E-state index in [0.29, 0.717) is 22.5 Å². The second-order valence-corrected chi connectivity index (χ2v) is 3.89. The van der Waals surface area contributed by atoms with Gasteiger partial charge in [-0.15, -0.1) is 0 Å². The molecule has 0 fully saturated rings. The Morgan fingerprint density at radius 1 is 1.33 bits per heavy atom. The SMILES string of the molecule is Cc1cc(-c2nccnc2CC(=O)O)ccc1F. The first-order chi connectivity index (χ1) is 8.58. The number of aliphatic carboxylic acids is 1. The maximum atomic E-state index is 13.2. The van der Waals surface area contributed by atoms with E-state index in [2.05, 4.69) is 9.97 Å². The fourth-order valence-corrected chi connectivity index (χ4v) is 1.67. The molecule has 2 aromatic rings. The van der Waals surface area contributed by atoms with Crippen molar-refractivity contribution < 1.29 is 14.3 Å². The van der Waals surface area contributed by atoms with Crippen LogP contribution >= 0.6 is 0 Å². The summed E-state index contributed by atoms with van der Waals surface area (Å²) in [6.45, 7) is 1.64. The van der Waals surface area contributed by atoms with Gasteiger partial charge >= 0.3 is 5.97 Å². The summed E-state index contributed by atoms with van der Waals surface area (Å²) in [5, 5.41) is 8.81. The van der Waals surface area contributed by atoms with Crippen molar-refractivity contribution in [3.8, 4) is 11.3 Å². The molecule has 2 rings (SSSR count). The fraction of sp³-hybridized carbons (Fsp3) is 0.154. The third kappa shape index (κ3) is 2.51. The van der Waals surface area contributed by atoms with Crippen molar-refractivity contribution in [2.45, 2.75) is 13.3 Å². The standard InChI is InChI=1S/C13H11FN2O2/c1-8-6-9(2-3-10(8)14)13-11(7-12(17)18)15-4-5-16-13/h2-6H,7H2,1H3,(H,17,18). The van der Waals surface area contributed by atoms with E-state index in [0.717, 1.165) is 0 Å². The molecule has 1 aromatic heterocycles. The Kier molecular flexibility index (Phi) is 3.32. The predicted octanol–water partition coefficient (Wildman–Crippen LogP) is 2.22. The van der Waals surface area contributed by atoms with E-state index in [1.54, 1.807) is 19.1 Å². The number of aryl methyl sites for hydroxylation is 1. The number of rotatable bonds is 3. The summed E-state index contributed by atoms with van der Waals surface area (Å²) in [4.78, 5) is 18.9. The normalized spacial score (nSPS) is 10.3. The van der Waals surface area contributed by atoms with Gasteiger partial charge in [0.1, 0.15) is 5.82 Å². The lowest BCUT2D eigenvalue weighted by atomic mass is 10.1. The van der Waals surface area contributed by atoms with Crippen LogP contribution in [0.2, 0.25) is 0 Å². The van der Waals surface area contributed by atoms with E-state index in [-0.39, 0.29) is 12.2 Å². The van der Waals surface area contributed by atoms with Gasteiger partial charge in [-0.1, -0.05) is 0 Å². The summed E-state index contributed by atoms with van der Waals surface area (Å²) in [5.41, 5.74) is 2.00. The first-order valence-corrected chi connectivity index (χ1v) is 5.36. The molecular weight excluding hydrogens is 235 g/mol. The van der Waals surface area contributed by atoms with Gasteiger partial charge in [0.2, 0.25) is 0 Å². The van der Waals surface area contributed by atoms with Crippen LogP contribution in [0.15, 0.2) is 30.6 Å². The molecule has 0 amide bonds. The number of benzene rings is 1. The zero-order chi connectivity index (χ0) is 13.1. The number of nitrogens with zero attached hydrogens (tertiary/aromatic N) is 2. The molecule has 1 heterocycles. The highest BCUT2D eigenvalue weighted by atomic mass is 19.1. The Morgan fingerprint density at radius 3 is 2.72 bits per heavy atom. The largest absolute Gasteiger partial charge is 0.481 e. The van der Waals surface area contributed by atoms with Crippen LogP contribution < -0.4 is 0 Å². The summed E-state index contributed by atoms with van der Waals surface area (Å²) < 4.78 is 13.2. The van der Waals surface area contributed by atoms with Crippen molar-refractivity contribution in [2.75, 3.05) is 0 Å². The highest BCUT2D eigenvalue weighted by molar-refractivity contribution is 5.73. The van der Waals surface area contributed by atoms with Crippen LogP contribution in [0.25, 0.3) is 11.3 Å². The Labute approximate surface area is 103 Å². The van der Waals surface area contributed by atoms with Crippen LogP contribution in [0.1, 0.15) is 11.3 Å². The van der Waals surface area contributed by atoms with Crippen molar-refractivity contribution in [3.63, 3.8) is 0 Å². The second-order valence-electron chi connectivity index (χ2n) is 3.89. The summed E-state index contributed by atoms with van der Waals surface area (Å²) in [6.07, 6.45) is 2.72. The van der Waals surface area contributed by atoms with Crippen LogP contribution in [0, 0.1) is 12.7 Å². The third-order valence-corrected chi connectivity index (χ3v) is 2.52. The molecular formula is C13H11FN2O2. The van der Waals surface area contributed by atoms with E-state index in [1.165, 1.54) is 18.5 Å². The van der Waals surface area contributed by atoms with E-state index >= 15 is 0 Å². The number of carboxylic acid groups (broad SMARTS) is 1. The lowest BCUT2D eigenvalue weighted by Gasteiger charge is -2.06. The molecule has 1 N–H and O–H groups in total. The fourth-order valence-electron chi connectivity index (χ4n) is 1.67. The number of halogens is 1. The molecule has 4 nitrogen and oxygen atoms in total. The maximum absolute atomic E-state index is 13.2. The molecule has 0 aliphatic heterocycles. The van der Waals surface area contributed by atoms with Crippen LogP contribution in [-0.4, -0.2) is 21.0 Å². The molecule has 0 saturated heterocycles. The van der Waals surface area contributed by atoms with Crippen molar-refractivity contribution in [3.05, 3.63) is 47.7 Å². The van der Waals surface area contributed by atoms with Gasteiger partial charge in [0, 0.05) is 18.0 Å². The number of hydrogen-bond acceptors (Lipinski definition) is 3. The number of carbonyl (C=O) groups is 1. The van der Waals surface area contributed by atoms with E-state index < -0.39 is 5.97 Å². The van der Waals surface area contributed by atoms with Gasteiger partial charge in [0.05, 0.1) is 17.8 Å². The summed E-state index contributed by atoms with van der Waals surface area (Å²) >= 11 is 0. The molecule has 0 bridgehead atoms. The molecule has 0 spiro atoms. The van der Waals surface area contributed by atoms with Crippen molar-refractivity contribution in [2.24, 2.45) is 0 Å². The Balaban J connectivity index is 2.49. The van der Waals surface area contributed by atoms with Gasteiger partial charge in [-0.05, 0) is 30.7 Å². The maximum Gasteiger partial charge on any atom is 0.309 e. The summed E-state index contributed by atoms with van der Waals surface area (Å²) in [5.74, 6) is -1.28. The monoisotopic (exact) mass is 246 g/mol. The van der Waals surface area contributed by atoms with Gasteiger partial charge in [-0.25, -0.2) is 4.39 Å². The minimum Gasteiger partial charge on any atom is -0.481 e. The van der Waals surface area contributed by atoms with Gasteiger partial charge in [-0.2, -0.15) is 0 Å². The molecule has 18 heavy (non-hydrogen) atoms. The first-order valence-electron chi connectivity index (χ1n) is 5.36. The minimum absolute atomic E-state index is 0.209. The minimum atomic E-state index is -0.976. The van der Waals surface area contributed by atoms with Crippen molar-refractivity contribution >= 4 is 5.97 Å².